The number of hydrogen-bond donors (Lipinski definition) is 1. The predicted octanol–water partition coefficient (Wildman–Crippen LogP) is 2.18. The number of esters is 1. The summed E-state index contributed by atoms with van der Waals surface area (Å²) in [5.74, 6) is -1.03. The van der Waals surface area contributed by atoms with Crippen molar-refractivity contribution in [3.8, 4) is 0 Å². The SMILES string of the molecule is CCCNS(=O)(=O)c1cccc(C(=O)OCC(=O)N(C(C)C)C(C)C)c1. The van der Waals surface area contributed by atoms with E-state index < -0.39 is 16.0 Å². The Hall–Kier alpha value is -1.93. The van der Waals surface area contributed by atoms with Crippen LogP contribution in [-0.4, -0.2) is 50.4 Å². The molecule has 0 bridgehead atoms. The highest BCUT2D eigenvalue weighted by Crippen LogP contribution is 2.13. The van der Waals surface area contributed by atoms with Crippen molar-refractivity contribution in [2.75, 3.05) is 13.2 Å². The summed E-state index contributed by atoms with van der Waals surface area (Å²) in [6.45, 7) is 9.32. The Bertz CT molecular complexity index is 721. The van der Waals surface area contributed by atoms with E-state index in [1.165, 1.54) is 24.3 Å². The molecule has 7 nitrogen and oxygen atoms in total. The minimum Gasteiger partial charge on any atom is -0.452 e. The number of hydrogen-bond acceptors (Lipinski definition) is 5. The van der Waals surface area contributed by atoms with Gasteiger partial charge < -0.3 is 9.64 Å². The van der Waals surface area contributed by atoms with Crippen molar-refractivity contribution in [1.82, 2.24) is 9.62 Å². The van der Waals surface area contributed by atoms with E-state index in [0.29, 0.717) is 13.0 Å². The molecule has 0 spiro atoms. The number of rotatable bonds is 9. The van der Waals surface area contributed by atoms with Gasteiger partial charge in [0.1, 0.15) is 0 Å². The Labute approximate surface area is 155 Å². The van der Waals surface area contributed by atoms with Gasteiger partial charge in [-0.3, -0.25) is 4.79 Å². The molecule has 146 valence electrons. The molecule has 0 atom stereocenters. The minimum atomic E-state index is -3.68. The third-order valence-corrected chi connectivity index (χ3v) is 5.11. The average molecular weight is 384 g/mol. The van der Waals surface area contributed by atoms with E-state index in [-0.39, 0.29) is 35.1 Å². The molecule has 1 aromatic carbocycles. The third kappa shape index (κ3) is 6.10. The van der Waals surface area contributed by atoms with Crippen LogP contribution in [0.3, 0.4) is 0 Å². The van der Waals surface area contributed by atoms with Crippen LogP contribution in [0.5, 0.6) is 0 Å². The van der Waals surface area contributed by atoms with Crippen molar-refractivity contribution in [3.63, 3.8) is 0 Å². The first kappa shape index (κ1) is 22.1. The molecule has 0 aliphatic carbocycles. The first-order valence-corrected chi connectivity index (χ1v) is 10.2. The maximum Gasteiger partial charge on any atom is 0.338 e. The molecule has 1 rings (SSSR count). The zero-order valence-electron chi connectivity index (χ0n) is 16.0. The van der Waals surface area contributed by atoms with Gasteiger partial charge in [0.25, 0.3) is 5.91 Å². The molecule has 0 aromatic heterocycles. The normalized spacial score (nSPS) is 11.7. The first-order chi connectivity index (χ1) is 12.1. The molecule has 1 amide bonds. The monoisotopic (exact) mass is 384 g/mol. The van der Waals surface area contributed by atoms with Gasteiger partial charge >= 0.3 is 5.97 Å². The summed E-state index contributed by atoms with van der Waals surface area (Å²) in [7, 11) is -3.68. The molecular weight excluding hydrogens is 356 g/mol. The predicted molar refractivity (Wildman–Crippen MR) is 99.3 cm³/mol. The molecule has 0 saturated carbocycles. The van der Waals surface area contributed by atoms with Crippen LogP contribution in [0.25, 0.3) is 0 Å². The van der Waals surface area contributed by atoms with Crippen LogP contribution in [-0.2, 0) is 19.6 Å². The Morgan fingerprint density at radius 2 is 1.77 bits per heavy atom. The lowest BCUT2D eigenvalue weighted by Crippen LogP contribution is -2.44. The molecule has 0 saturated heterocycles. The van der Waals surface area contributed by atoms with Gasteiger partial charge in [-0.25, -0.2) is 17.9 Å². The van der Waals surface area contributed by atoms with Gasteiger partial charge in [-0.1, -0.05) is 13.0 Å². The van der Waals surface area contributed by atoms with Crippen LogP contribution in [0.4, 0.5) is 0 Å². The summed E-state index contributed by atoms with van der Waals surface area (Å²) < 4.78 is 31.8. The van der Waals surface area contributed by atoms with Crippen molar-refractivity contribution in [2.45, 2.75) is 58.0 Å². The van der Waals surface area contributed by atoms with Gasteiger partial charge in [-0.05, 0) is 52.3 Å². The number of ether oxygens (including phenoxy) is 1. The van der Waals surface area contributed by atoms with E-state index in [9.17, 15) is 18.0 Å². The van der Waals surface area contributed by atoms with E-state index >= 15 is 0 Å². The molecule has 0 fully saturated rings. The highest BCUT2D eigenvalue weighted by Gasteiger charge is 2.22. The molecule has 26 heavy (non-hydrogen) atoms. The van der Waals surface area contributed by atoms with E-state index in [1.54, 1.807) is 4.90 Å². The Morgan fingerprint density at radius 1 is 1.15 bits per heavy atom. The number of sulfonamides is 1. The fraction of sp³-hybridized carbons (Fsp3) is 0.556. The third-order valence-electron chi connectivity index (χ3n) is 3.65. The van der Waals surface area contributed by atoms with Crippen LogP contribution >= 0.6 is 0 Å². The number of amides is 1. The van der Waals surface area contributed by atoms with E-state index in [1.807, 2.05) is 34.6 Å². The second-order valence-corrected chi connectivity index (χ2v) is 8.26. The number of carbonyl (C=O) groups excluding carboxylic acids is 2. The summed E-state index contributed by atoms with van der Waals surface area (Å²) >= 11 is 0. The van der Waals surface area contributed by atoms with Crippen LogP contribution in [0.2, 0.25) is 0 Å². The first-order valence-electron chi connectivity index (χ1n) is 8.68. The molecule has 0 heterocycles. The van der Waals surface area contributed by atoms with Crippen LogP contribution < -0.4 is 4.72 Å². The number of nitrogens with one attached hydrogen (secondary N) is 1. The Kier molecular flexibility index (Phi) is 8.23. The van der Waals surface area contributed by atoms with Gasteiger partial charge in [0, 0.05) is 18.6 Å². The molecular formula is C18H28N2O5S. The van der Waals surface area contributed by atoms with Crippen molar-refractivity contribution >= 4 is 21.9 Å². The largest absolute Gasteiger partial charge is 0.452 e. The molecule has 0 unspecified atom stereocenters. The summed E-state index contributed by atoms with van der Waals surface area (Å²) in [6, 6.07) is 5.53. The van der Waals surface area contributed by atoms with E-state index in [0.717, 1.165) is 0 Å². The summed E-state index contributed by atoms with van der Waals surface area (Å²) in [4.78, 5) is 26.1. The highest BCUT2D eigenvalue weighted by atomic mass is 32.2. The average Bonchev–Trinajstić information content (AvgIpc) is 2.57. The van der Waals surface area contributed by atoms with Crippen molar-refractivity contribution in [1.29, 1.82) is 0 Å². The number of nitrogens with zero attached hydrogens (tertiary/aromatic N) is 1. The topological polar surface area (TPSA) is 92.8 Å². The number of benzene rings is 1. The van der Waals surface area contributed by atoms with Gasteiger partial charge in [0.2, 0.25) is 10.0 Å². The Balaban J connectivity index is 2.83. The lowest BCUT2D eigenvalue weighted by Gasteiger charge is -2.30. The molecule has 1 N–H and O–H groups in total. The Morgan fingerprint density at radius 3 is 2.31 bits per heavy atom. The lowest BCUT2D eigenvalue weighted by molar-refractivity contribution is -0.138. The summed E-state index contributed by atoms with van der Waals surface area (Å²) in [5, 5.41) is 0. The van der Waals surface area contributed by atoms with Crippen molar-refractivity contribution < 1.29 is 22.7 Å². The molecule has 0 aliphatic rings. The molecule has 0 aliphatic heterocycles. The van der Waals surface area contributed by atoms with Gasteiger partial charge in [0.05, 0.1) is 10.5 Å². The molecule has 0 radical (unpaired) electrons. The fourth-order valence-electron chi connectivity index (χ4n) is 2.57. The van der Waals surface area contributed by atoms with Crippen LogP contribution in [0.15, 0.2) is 29.2 Å². The standard InChI is InChI=1S/C18H28N2O5S/c1-6-10-19-26(23,24)16-9-7-8-15(11-16)18(22)25-12-17(21)20(13(2)3)14(4)5/h7-9,11,13-14,19H,6,10,12H2,1-5H3. The second kappa shape index (κ2) is 9.68. The molecule has 1 aromatic rings. The minimum absolute atomic E-state index is 0.0145. The van der Waals surface area contributed by atoms with Crippen molar-refractivity contribution in [2.24, 2.45) is 0 Å². The summed E-state index contributed by atoms with van der Waals surface area (Å²) in [5.41, 5.74) is 0.0813. The maximum absolute atomic E-state index is 12.2. The smallest absolute Gasteiger partial charge is 0.338 e. The quantitative estimate of drug-likeness (QED) is 0.659. The maximum atomic E-state index is 12.2. The van der Waals surface area contributed by atoms with Crippen molar-refractivity contribution in [3.05, 3.63) is 29.8 Å². The number of carbonyl (C=O) groups is 2. The van der Waals surface area contributed by atoms with E-state index in [2.05, 4.69) is 4.72 Å². The molecule has 8 heteroatoms. The van der Waals surface area contributed by atoms with Crippen LogP contribution in [0, 0.1) is 0 Å². The lowest BCUT2D eigenvalue weighted by atomic mass is 10.2. The van der Waals surface area contributed by atoms with Gasteiger partial charge in [-0.15, -0.1) is 0 Å². The zero-order chi connectivity index (χ0) is 19.9. The van der Waals surface area contributed by atoms with Gasteiger partial charge in [-0.2, -0.15) is 0 Å². The fourth-order valence-corrected chi connectivity index (χ4v) is 3.75. The summed E-state index contributed by atoms with van der Waals surface area (Å²) in [6.07, 6.45) is 0.658. The highest BCUT2D eigenvalue weighted by molar-refractivity contribution is 7.89. The van der Waals surface area contributed by atoms with Crippen LogP contribution in [0.1, 0.15) is 51.4 Å². The second-order valence-electron chi connectivity index (χ2n) is 6.49. The van der Waals surface area contributed by atoms with E-state index in [4.69, 9.17) is 4.74 Å². The van der Waals surface area contributed by atoms with Gasteiger partial charge in [0.15, 0.2) is 6.61 Å². The zero-order valence-corrected chi connectivity index (χ0v) is 16.8.